The number of methoxy groups -OCH3 is 2. The average molecular weight is 225 g/mol. The fraction of sp³-hybridized carbons (Fsp3) is 0.455. The van der Waals surface area contributed by atoms with Crippen molar-refractivity contribution in [2.24, 2.45) is 0 Å². The lowest BCUT2D eigenvalue weighted by atomic mass is 10.3. The van der Waals surface area contributed by atoms with Crippen LogP contribution in [0, 0.1) is 0 Å². The van der Waals surface area contributed by atoms with Gasteiger partial charge in [0.05, 0.1) is 19.4 Å². The number of carbonyl (C=O) groups excluding carboxylic acids is 2. The molecule has 1 aromatic rings. The molecule has 0 N–H and O–H groups in total. The van der Waals surface area contributed by atoms with E-state index in [0.29, 0.717) is 18.6 Å². The van der Waals surface area contributed by atoms with Gasteiger partial charge in [-0.05, 0) is 19.1 Å². The number of aromatic nitrogens is 1. The molecule has 16 heavy (non-hydrogen) atoms. The minimum atomic E-state index is -0.537. The van der Waals surface area contributed by atoms with Crippen molar-refractivity contribution < 1.29 is 19.1 Å². The van der Waals surface area contributed by atoms with E-state index >= 15 is 0 Å². The minimum Gasteiger partial charge on any atom is -0.467 e. The molecule has 1 atom stereocenters. The summed E-state index contributed by atoms with van der Waals surface area (Å²) in [6.07, 6.45) is 0.707. The summed E-state index contributed by atoms with van der Waals surface area (Å²) in [5.41, 5.74) is 1.20. The molecule has 5 nitrogen and oxygen atoms in total. The zero-order valence-corrected chi connectivity index (χ0v) is 9.60. The van der Waals surface area contributed by atoms with Crippen LogP contribution in [-0.2, 0) is 20.9 Å². The largest absolute Gasteiger partial charge is 0.467 e. The van der Waals surface area contributed by atoms with Gasteiger partial charge in [-0.3, -0.25) is 4.79 Å². The SMILES string of the molecule is COCc1ccc(C=O)n1C(C)C(=O)OC. The Balaban J connectivity index is 3.11. The van der Waals surface area contributed by atoms with E-state index in [-0.39, 0.29) is 0 Å². The van der Waals surface area contributed by atoms with Crippen LogP contribution < -0.4 is 0 Å². The van der Waals surface area contributed by atoms with E-state index in [0.717, 1.165) is 5.69 Å². The molecule has 5 heteroatoms. The lowest BCUT2D eigenvalue weighted by Gasteiger charge is -2.16. The Morgan fingerprint density at radius 3 is 2.69 bits per heavy atom. The molecule has 0 spiro atoms. The number of esters is 1. The Bertz CT molecular complexity index is 383. The summed E-state index contributed by atoms with van der Waals surface area (Å²) in [5, 5.41) is 0. The molecular weight excluding hydrogens is 210 g/mol. The molecule has 0 aliphatic rings. The van der Waals surface area contributed by atoms with Crippen LogP contribution in [0.5, 0.6) is 0 Å². The van der Waals surface area contributed by atoms with Crippen molar-refractivity contribution in [1.29, 1.82) is 0 Å². The highest BCUT2D eigenvalue weighted by molar-refractivity contribution is 5.78. The Kier molecular flexibility index (Phi) is 4.25. The molecule has 88 valence electrons. The van der Waals surface area contributed by atoms with E-state index in [2.05, 4.69) is 4.74 Å². The van der Waals surface area contributed by atoms with E-state index in [9.17, 15) is 9.59 Å². The highest BCUT2D eigenvalue weighted by Gasteiger charge is 2.20. The highest BCUT2D eigenvalue weighted by Crippen LogP contribution is 2.17. The van der Waals surface area contributed by atoms with Crippen molar-refractivity contribution in [3.63, 3.8) is 0 Å². The van der Waals surface area contributed by atoms with Crippen molar-refractivity contribution in [2.45, 2.75) is 19.6 Å². The first-order chi connectivity index (χ1) is 7.65. The fourth-order valence-corrected chi connectivity index (χ4v) is 1.62. The third kappa shape index (κ3) is 2.30. The van der Waals surface area contributed by atoms with Crippen LogP contribution in [0.15, 0.2) is 12.1 Å². The average Bonchev–Trinajstić information content (AvgIpc) is 2.70. The first kappa shape index (κ1) is 12.4. The van der Waals surface area contributed by atoms with Gasteiger partial charge in [0, 0.05) is 12.8 Å². The maximum absolute atomic E-state index is 11.4. The van der Waals surface area contributed by atoms with Gasteiger partial charge < -0.3 is 14.0 Å². The lowest BCUT2D eigenvalue weighted by molar-refractivity contribution is -0.144. The van der Waals surface area contributed by atoms with Crippen molar-refractivity contribution in [1.82, 2.24) is 4.57 Å². The summed E-state index contributed by atoms with van der Waals surface area (Å²) < 4.78 is 11.3. The zero-order chi connectivity index (χ0) is 12.1. The van der Waals surface area contributed by atoms with Gasteiger partial charge in [0.1, 0.15) is 6.04 Å². The predicted octanol–water partition coefficient (Wildman–Crippen LogP) is 1.18. The van der Waals surface area contributed by atoms with Crippen LogP contribution in [-0.4, -0.2) is 31.0 Å². The highest BCUT2D eigenvalue weighted by atomic mass is 16.5. The van der Waals surface area contributed by atoms with Gasteiger partial charge in [-0.1, -0.05) is 0 Å². The molecular formula is C11H15NO4. The summed E-state index contributed by atoms with van der Waals surface area (Å²) in [7, 11) is 2.87. The molecule has 0 saturated heterocycles. The second kappa shape index (κ2) is 5.46. The Morgan fingerprint density at radius 1 is 1.50 bits per heavy atom. The quantitative estimate of drug-likeness (QED) is 0.557. The van der Waals surface area contributed by atoms with Gasteiger partial charge in [-0.25, -0.2) is 4.79 Å². The summed E-state index contributed by atoms with van der Waals surface area (Å²) in [6, 6.07) is 2.87. The molecule has 1 unspecified atom stereocenters. The maximum atomic E-state index is 11.4. The van der Waals surface area contributed by atoms with Crippen molar-refractivity contribution in [3.8, 4) is 0 Å². The monoisotopic (exact) mass is 225 g/mol. The van der Waals surface area contributed by atoms with Crippen molar-refractivity contribution in [3.05, 3.63) is 23.5 Å². The van der Waals surface area contributed by atoms with Crippen LogP contribution in [0.25, 0.3) is 0 Å². The third-order valence-electron chi connectivity index (χ3n) is 2.38. The van der Waals surface area contributed by atoms with E-state index in [1.807, 2.05) is 0 Å². The van der Waals surface area contributed by atoms with E-state index in [1.54, 1.807) is 30.7 Å². The van der Waals surface area contributed by atoms with Gasteiger partial charge in [-0.2, -0.15) is 0 Å². The van der Waals surface area contributed by atoms with Crippen LogP contribution in [0.1, 0.15) is 29.1 Å². The van der Waals surface area contributed by atoms with E-state index in [4.69, 9.17) is 4.74 Å². The molecule has 0 aliphatic carbocycles. The van der Waals surface area contributed by atoms with Gasteiger partial charge in [0.25, 0.3) is 0 Å². The Morgan fingerprint density at radius 2 is 2.19 bits per heavy atom. The first-order valence-electron chi connectivity index (χ1n) is 4.87. The molecule has 1 aromatic heterocycles. The van der Waals surface area contributed by atoms with Gasteiger partial charge in [0.15, 0.2) is 6.29 Å². The molecule has 0 amide bonds. The van der Waals surface area contributed by atoms with Crippen molar-refractivity contribution >= 4 is 12.3 Å². The second-order valence-corrected chi connectivity index (χ2v) is 3.37. The molecule has 0 radical (unpaired) electrons. The number of ether oxygens (including phenoxy) is 2. The molecule has 0 saturated carbocycles. The summed E-state index contributed by atoms with van der Waals surface area (Å²) in [4.78, 5) is 22.3. The van der Waals surface area contributed by atoms with Crippen LogP contribution in [0.4, 0.5) is 0 Å². The van der Waals surface area contributed by atoms with Crippen LogP contribution in [0.2, 0.25) is 0 Å². The fourth-order valence-electron chi connectivity index (χ4n) is 1.62. The Labute approximate surface area is 94.0 Å². The van der Waals surface area contributed by atoms with Crippen LogP contribution >= 0.6 is 0 Å². The molecule has 0 bridgehead atoms. The normalized spacial score (nSPS) is 12.2. The zero-order valence-electron chi connectivity index (χ0n) is 9.60. The summed E-state index contributed by atoms with van der Waals surface area (Å²) in [5.74, 6) is -0.392. The standard InChI is InChI=1S/C11H15NO4/c1-8(11(14)16-3)12-9(6-13)4-5-10(12)7-15-2/h4-6,8H,7H2,1-3H3. The molecule has 0 aliphatic heterocycles. The van der Waals surface area contributed by atoms with E-state index in [1.165, 1.54) is 7.11 Å². The van der Waals surface area contributed by atoms with E-state index < -0.39 is 12.0 Å². The molecule has 1 rings (SSSR count). The van der Waals surface area contributed by atoms with Gasteiger partial charge >= 0.3 is 5.97 Å². The van der Waals surface area contributed by atoms with Gasteiger partial charge in [-0.15, -0.1) is 0 Å². The number of hydrogen-bond donors (Lipinski definition) is 0. The minimum absolute atomic E-state index is 0.342. The lowest BCUT2D eigenvalue weighted by Crippen LogP contribution is -2.21. The molecule has 0 aromatic carbocycles. The third-order valence-corrected chi connectivity index (χ3v) is 2.38. The number of hydrogen-bond acceptors (Lipinski definition) is 4. The number of rotatable bonds is 5. The predicted molar refractivity (Wildman–Crippen MR) is 57.3 cm³/mol. The van der Waals surface area contributed by atoms with Crippen LogP contribution in [0.3, 0.4) is 0 Å². The van der Waals surface area contributed by atoms with Crippen molar-refractivity contribution in [2.75, 3.05) is 14.2 Å². The maximum Gasteiger partial charge on any atom is 0.328 e. The molecule has 1 heterocycles. The summed E-state index contributed by atoms with van der Waals surface area (Å²) in [6.45, 7) is 2.02. The first-order valence-corrected chi connectivity index (χ1v) is 4.87. The molecule has 0 fully saturated rings. The Hall–Kier alpha value is -1.62. The van der Waals surface area contributed by atoms with Gasteiger partial charge in [0.2, 0.25) is 0 Å². The smallest absolute Gasteiger partial charge is 0.328 e. The number of nitrogens with zero attached hydrogens (tertiary/aromatic N) is 1. The second-order valence-electron chi connectivity index (χ2n) is 3.37. The topological polar surface area (TPSA) is 57.5 Å². The number of aldehydes is 1. The number of carbonyl (C=O) groups is 2. The summed E-state index contributed by atoms with van der Waals surface area (Å²) >= 11 is 0.